The summed E-state index contributed by atoms with van der Waals surface area (Å²) in [5, 5.41) is 4.14. The monoisotopic (exact) mass is 245 g/mol. The van der Waals surface area contributed by atoms with Gasteiger partial charge < -0.3 is 5.73 Å². The number of thiophene rings is 1. The predicted octanol–water partition coefficient (Wildman–Crippen LogP) is 3.46. The Morgan fingerprint density at radius 2 is 1.88 bits per heavy atom. The van der Waals surface area contributed by atoms with Crippen molar-refractivity contribution in [1.82, 2.24) is 0 Å². The van der Waals surface area contributed by atoms with Crippen LogP contribution in [0.4, 0.5) is 8.78 Å². The molecule has 0 atom stereocenters. The zero-order valence-electron chi connectivity index (χ0n) is 9.43. The third kappa shape index (κ3) is 2.00. The maximum absolute atomic E-state index is 13.2. The van der Waals surface area contributed by atoms with Crippen molar-refractivity contribution in [1.29, 1.82) is 0 Å². The van der Waals surface area contributed by atoms with Crippen LogP contribution >= 0.6 is 11.3 Å². The number of aryl methyl sites for hydroxylation is 1. The van der Waals surface area contributed by atoms with Crippen molar-refractivity contribution in [2.45, 2.75) is 43.9 Å². The fourth-order valence-electron chi connectivity index (χ4n) is 2.58. The minimum Gasteiger partial charge on any atom is -0.330 e. The summed E-state index contributed by atoms with van der Waals surface area (Å²) in [4.78, 5) is 0. The van der Waals surface area contributed by atoms with E-state index in [0.29, 0.717) is 19.4 Å². The van der Waals surface area contributed by atoms with Gasteiger partial charge in [-0.25, -0.2) is 8.78 Å². The molecule has 0 unspecified atom stereocenters. The summed E-state index contributed by atoms with van der Waals surface area (Å²) < 4.78 is 26.4. The summed E-state index contributed by atoms with van der Waals surface area (Å²) in [5.41, 5.74) is 8.03. The van der Waals surface area contributed by atoms with Crippen molar-refractivity contribution >= 4 is 11.3 Å². The average molecular weight is 245 g/mol. The molecular formula is C12H17F2NS. The first-order valence-corrected chi connectivity index (χ1v) is 6.55. The van der Waals surface area contributed by atoms with Gasteiger partial charge in [0.05, 0.1) is 0 Å². The minimum atomic E-state index is -2.48. The van der Waals surface area contributed by atoms with Gasteiger partial charge in [0.15, 0.2) is 0 Å². The molecule has 1 aliphatic carbocycles. The molecule has 0 bridgehead atoms. The molecule has 0 aromatic carbocycles. The third-order valence-corrected chi connectivity index (χ3v) is 4.62. The Morgan fingerprint density at radius 3 is 2.31 bits per heavy atom. The van der Waals surface area contributed by atoms with E-state index in [9.17, 15) is 8.78 Å². The number of rotatable bonds is 2. The Balaban J connectivity index is 2.26. The van der Waals surface area contributed by atoms with Gasteiger partial charge in [-0.15, -0.1) is 0 Å². The summed E-state index contributed by atoms with van der Waals surface area (Å²) in [7, 11) is 0. The molecule has 1 nitrogen and oxygen atoms in total. The Labute approximate surface area is 98.7 Å². The van der Waals surface area contributed by atoms with Crippen molar-refractivity contribution in [2.75, 3.05) is 6.54 Å². The molecule has 0 spiro atoms. The van der Waals surface area contributed by atoms with Crippen LogP contribution in [0.25, 0.3) is 0 Å². The number of nitrogens with two attached hydrogens (primary N) is 1. The zero-order valence-corrected chi connectivity index (χ0v) is 10.2. The first-order chi connectivity index (χ1) is 7.49. The second-order valence-electron chi connectivity index (χ2n) is 4.81. The fourth-order valence-corrected chi connectivity index (χ4v) is 3.55. The van der Waals surface area contributed by atoms with E-state index in [4.69, 9.17) is 5.73 Å². The number of hydrogen-bond acceptors (Lipinski definition) is 2. The summed E-state index contributed by atoms with van der Waals surface area (Å²) >= 11 is 1.63. The number of halogens is 2. The van der Waals surface area contributed by atoms with Gasteiger partial charge in [0.25, 0.3) is 0 Å². The molecule has 0 radical (unpaired) electrons. The van der Waals surface area contributed by atoms with Crippen LogP contribution in [-0.2, 0) is 5.41 Å². The van der Waals surface area contributed by atoms with Gasteiger partial charge in [-0.2, -0.15) is 11.3 Å². The van der Waals surface area contributed by atoms with Crippen LogP contribution in [0.3, 0.4) is 0 Å². The van der Waals surface area contributed by atoms with E-state index in [-0.39, 0.29) is 18.3 Å². The summed E-state index contributed by atoms with van der Waals surface area (Å²) in [6.45, 7) is 2.51. The molecule has 16 heavy (non-hydrogen) atoms. The largest absolute Gasteiger partial charge is 0.330 e. The lowest BCUT2D eigenvalue weighted by atomic mass is 9.68. The summed E-state index contributed by atoms with van der Waals surface area (Å²) in [6.07, 6.45) is 0.959. The molecule has 2 rings (SSSR count). The molecule has 0 aliphatic heterocycles. The van der Waals surface area contributed by atoms with Gasteiger partial charge in [0.2, 0.25) is 5.92 Å². The van der Waals surface area contributed by atoms with Gasteiger partial charge in [0.1, 0.15) is 0 Å². The van der Waals surface area contributed by atoms with Crippen molar-refractivity contribution in [3.8, 4) is 0 Å². The Bertz CT molecular complexity index is 363. The molecule has 0 saturated heterocycles. The SMILES string of the molecule is Cc1cscc1C1(CN)CCC(F)(F)CC1. The van der Waals surface area contributed by atoms with E-state index in [2.05, 4.69) is 10.8 Å². The highest BCUT2D eigenvalue weighted by Crippen LogP contribution is 2.46. The van der Waals surface area contributed by atoms with Crippen molar-refractivity contribution < 1.29 is 8.78 Å². The molecule has 1 aromatic heterocycles. The average Bonchev–Trinajstić information content (AvgIpc) is 2.66. The van der Waals surface area contributed by atoms with Crippen LogP contribution in [-0.4, -0.2) is 12.5 Å². The maximum Gasteiger partial charge on any atom is 0.248 e. The van der Waals surface area contributed by atoms with Crippen LogP contribution in [0.1, 0.15) is 36.8 Å². The lowest BCUT2D eigenvalue weighted by Gasteiger charge is -2.39. The van der Waals surface area contributed by atoms with Gasteiger partial charge in [0, 0.05) is 24.8 Å². The van der Waals surface area contributed by atoms with E-state index in [1.165, 1.54) is 11.1 Å². The van der Waals surface area contributed by atoms with Gasteiger partial charge in [-0.05, 0) is 41.7 Å². The van der Waals surface area contributed by atoms with E-state index in [1.54, 1.807) is 11.3 Å². The van der Waals surface area contributed by atoms with Crippen molar-refractivity contribution in [3.05, 3.63) is 21.9 Å². The van der Waals surface area contributed by atoms with Crippen LogP contribution < -0.4 is 5.73 Å². The van der Waals surface area contributed by atoms with Gasteiger partial charge in [-0.3, -0.25) is 0 Å². The fraction of sp³-hybridized carbons (Fsp3) is 0.667. The summed E-state index contributed by atoms with van der Waals surface area (Å²) in [6, 6.07) is 0. The normalized spacial score (nSPS) is 23.2. The lowest BCUT2D eigenvalue weighted by molar-refractivity contribution is -0.0509. The Morgan fingerprint density at radius 1 is 1.25 bits per heavy atom. The molecule has 90 valence electrons. The second-order valence-corrected chi connectivity index (χ2v) is 5.55. The molecule has 4 heteroatoms. The van der Waals surface area contributed by atoms with Crippen LogP contribution in [0.15, 0.2) is 10.8 Å². The standard InChI is InChI=1S/C12H17F2NS/c1-9-6-16-7-10(9)11(8-15)2-4-12(13,14)5-3-11/h6-7H,2-5,8,15H2,1H3. The quantitative estimate of drug-likeness (QED) is 0.848. The second kappa shape index (κ2) is 4.08. The van der Waals surface area contributed by atoms with Crippen LogP contribution in [0.5, 0.6) is 0 Å². The highest BCUT2D eigenvalue weighted by Gasteiger charge is 2.44. The predicted molar refractivity (Wildman–Crippen MR) is 63.2 cm³/mol. The Kier molecular flexibility index (Phi) is 3.05. The third-order valence-electron chi connectivity index (χ3n) is 3.76. The molecule has 1 fully saturated rings. The lowest BCUT2D eigenvalue weighted by Crippen LogP contribution is -2.42. The maximum atomic E-state index is 13.2. The van der Waals surface area contributed by atoms with E-state index in [1.807, 2.05) is 6.92 Å². The first-order valence-electron chi connectivity index (χ1n) is 5.60. The van der Waals surface area contributed by atoms with Crippen molar-refractivity contribution in [3.63, 3.8) is 0 Å². The van der Waals surface area contributed by atoms with Crippen molar-refractivity contribution in [2.24, 2.45) is 5.73 Å². The molecule has 1 aliphatic rings. The molecular weight excluding hydrogens is 228 g/mol. The van der Waals surface area contributed by atoms with Gasteiger partial charge in [-0.1, -0.05) is 0 Å². The molecule has 1 saturated carbocycles. The smallest absolute Gasteiger partial charge is 0.248 e. The van der Waals surface area contributed by atoms with E-state index < -0.39 is 5.92 Å². The van der Waals surface area contributed by atoms with E-state index >= 15 is 0 Å². The minimum absolute atomic E-state index is 0.0283. The molecule has 1 heterocycles. The zero-order chi connectivity index (χ0) is 11.8. The topological polar surface area (TPSA) is 26.0 Å². The molecule has 0 amide bonds. The first kappa shape index (κ1) is 12.0. The van der Waals surface area contributed by atoms with Crippen LogP contribution in [0, 0.1) is 6.92 Å². The highest BCUT2D eigenvalue weighted by molar-refractivity contribution is 7.08. The number of alkyl halides is 2. The highest BCUT2D eigenvalue weighted by atomic mass is 32.1. The van der Waals surface area contributed by atoms with E-state index in [0.717, 1.165) is 0 Å². The van der Waals surface area contributed by atoms with Crippen LogP contribution in [0.2, 0.25) is 0 Å². The molecule has 2 N–H and O–H groups in total. The molecule has 1 aromatic rings. The number of hydrogen-bond donors (Lipinski definition) is 1. The summed E-state index contributed by atoms with van der Waals surface area (Å²) in [5.74, 6) is -2.48. The van der Waals surface area contributed by atoms with Gasteiger partial charge >= 0.3 is 0 Å². The Hall–Kier alpha value is -0.480.